The van der Waals surface area contributed by atoms with Crippen LogP contribution in [-0.2, 0) is 16.0 Å². The molecule has 0 saturated carbocycles. The molecule has 16 heavy (non-hydrogen) atoms. The molecule has 0 fully saturated rings. The predicted molar refractivity (Wildman–Crippen MR) is 61.4 cm³/mol. The molecule has 0 saturated heterocycles. The lowest BCUT2D eigenvalue weighted by atomic mass is 10.0. The number of carbonyl (C=O) groups excluding carboxylic acids is 1. The van der Waals surface area contributed by atoms with Gasteiger partial charge in [-0.05, 0) is 42.7 Å². The Morgan fingerprint density at radius 3 is 2.81 bits per heavy atom. The third kappa shape index (κ3) is 3.50. The summed E-state index contributed by atoms with van der Waals surface area (Å²) in [5.74, 6) is -0.640. The minimum Gasteiger partial charge on any atom is -0.463 e. The summed E-state index contributed by atoms with van der Waals surface area (Å²) in [5, 5.41) is 0. The Morgan fingerprint density at radius 1 is 1.44 bits per heavy atom. The van der Waals surface area contributed by atoms with Crippen molar-refractivity contribution in [2.75, 3.05) is 6.61 Å². The molecule has 2 nitrogen and oxygen atoms in total. The van der Waals surface area contributed by atoms with Crippen molar-refractivity contribution in [2.45, 2.75) is 20.3 Å². The van der Waals surface area contributed by atoms with Crippen molar-refractivity contribution >= 4 is 12.0 Å². The molecule has 0 N–H and O–H groups in total. The van der Waals surface area contributed by atoms with Crippen molar-refractivity contribution in [1.82, 2.24) is 0 Å². The number of aryl methyl sites for hydroxylation is 1. The SMILES string of the molecule is CCOC(=O)/C=C\c1ccc(F)cc1CC. The van der Waals surface area contributed by atoms with Crippen molar-refractivity contribution in [2.24, 2.45) is 0 Å². The molecular formula is C13H15FO2. The van der Waals surface area contributed by atoms with E-state index in [4.69, 9.17) is 4.74 Å². The Labute approximate surface area is 94.7 Å². The van der Waals surface area contributed by atoms with E-state index in [1.807, 2.05) is 6.92 Å². The lowest BCUT2D eigenvalue weighted by Gasteiger charge is -2.03. The summed E-state index contributed by atoms with van der Waals surface area (Å²) in [4.78, 5) is 11.1. The number of hydrogen-bond donors (Lipinski definition) is 0. The minimum absolute atomic E-state index is 0.259. The highest BCUT2D eigenvalue weighted by molar-refractivity contribution is 5.87. The largest absolute Gasteiger partial charge is 0.463 e. The highest BCUT2D eigenvalue weighted by Crippen LogP contribution is 2.13. The molecule has 0 amide bonds. The van der Waals surface area contributed by atoms with Crippen LogP contribution in [0.5, 0.6) is 0 Å². The van der Waals surface area contributed by atoms with Crippen molar-refractivity contribution < 1.29 is 13.9 Å². The highest BCUT2D eigenvalue weighted by atomic mass is 19.1. The summed E-state index contributed by atoms with van der Waals surface area (Å²) in [6.07, 6.45) is 3.73. The summed E-state index contributed by atoms with van der Waals surface area (Å²) >= 11 is 0. The van der Waals surface area contributed by atoms with Gasteiger partial charge in [-0.3, -0.25) is 0 Å². The smallest absolute Gasteiger partial charge is 0.330 e. The third-order valence-corrected chi connectivity index (χ3v) is 2.17. The van der Waals surface area contributed by atoms with Crippen LogP contribution in [0.3, 0.4) is 0 Å². The number of carbonyl (C=O) groups is 1. The maximum atomic E-state index is 12.9. The van der Waals surface area contributed by atoms with Gasteiger partial charge in [0.15, 0.2) is 0 Å². The standard InChI is InChI=1S/C13H15FO2/c1-3-10-9-12(14)7-5-11(10)6-8-13(15)16-4-2/h5-9H,3-4H2,1-2H3/b8-6-. The average molecular weight is 222 g/mol. The second-order valence-electron chi connectivity index (χ2n) is 3.28. The van der Waals surface area contributed by atoms with E-state index in [1.165, 1.54) is 18.2 Å². The van der Waals surface area contributed by atoms with Gasteiger partial charge < -0.3 is 4.74 Å². The predicted octanol–water partition coefficient (Wildman–Crippen LogP) is 2.96. The molecule has 0 unspecified atom stereocenters. The van der Waals surface area contributed by atoms with Gasteiger partial charge in [0.1, 0.15) is 5.82 Å². The van der Waals surface area contributed by atoms with Crippen LogP contribution in [0.25, 0.3) is 6.08 Å². The van der Waals surface area contributed by atoms with Crippen LogP contribution in [0.1, 0.15) is 25.0 Å². The molecule has 1 rings (SSSR count). The van der Waals surface area contributed by atoms with E-state index in [2.05, 4.69) is 0 Å². The fourth-order valence-corrected chi connectivity index (χ4v) is 1.39. The van der Waals surface area contributed by atoms with E-state index in [9.17, 15) is 9.18 Å². The van der Waals surface area contributed by atoms with Crippen LogP contribution >= 0.6 is 0 Å². The van der Waals surface area contributed by atoms with Crippen LogP contribution in [0.15, 0.2) is 24.3 Å². The van der Waals surface area contributed by atoms with Gasteiger partial charge in [-0.15, -0.1) is 0 Å². The summed E-state index contributed by atoms with van der Waals surface area (Å²) in [6, 6.07) is 4.51. The Morgan fingerprint density at radius 2 is 2.19 bits per heavy atom. The Kier molecular flexibility index (Phi) is 4.70. The first-order chi connectivity index (χ1) is 7.67. The van der Waals surface area contributed by atoms with E-state index >= 15 is 0 Å². The fourth-order valence-electron chi connectivity index (χ4n) is 1.39. The summed E-state index contributed by atoms with van der Waals surface area (Å²) in [6.45, 7) is 4.05. The third-order valence-electron chi connectivity index (χ3n) is 2.17. The number of esters is 1. The van der Waals surface area contributed by atoms with E-state index in [0.717, 1.165) is 17.5 Å². The zero-order valence-electron chi connectivity index (χ0n) is 9.50. The van der Waals surface area contributed by atoms with Crippen molar-refractivity contribution in [1.29, 1.82) is 0 Å². The highest BCUT2D eigenvalue weighted by Gasteiger charge is 2.00. The molecule has 1 aromatic carbocycles. The van der Waals surface area contributed by atoms with Gasteiger partial charge in [0.05, 0.1) is 6.61 Å². The second-order valence-corrected chi connectivity index (χ2v) is 3.28. The average Bonchev–Trinajstić information content (AvgIpc) is 2.27. The molecule has 0 atom stereocenters. The van der Waals surface area contributed by atoms with Gasteiger partial charge in [-0.1, -0.05) is 13.0 Å². The number of rotatable bonds is 4. The van der Waals surface area contributed by atoms with Crippen LogP contribution in [-0.4, -0.2) is 12.6 Å². The van der Waals surface area contributed by atoms with Crippen molar-refractivity contribution in [3.63, 3.8) is 0 Å². The molecule has 0 aromatic heterocycles. The van der Waals surface area contributed by atoms with Crippen LogP contribution in [0.4, 0.5) is 4.39 Å². The van der Waals surface area contributed by atoms with Crippen molar-refractivity contribution in [3.05, 3.63) is 41.2 Å². The zero-order chi connectivity index (χ0) is 12.0. The molecule has 0 bridgehead atoms. The topological polar surface area (TPSA) is 26.3 Å². The number of benzene rings is 1. The van der Waals surface area contributed by atoms with E-state index in [0.29, 0.717) is 6.61 Å². The molecule has 0 aliphatic carbocycles. The number of hydrogen-bond acceptors (Lipinski definition) is 2. The Hall–Kier alpha value is -1.64. The molecule has 86 valence electrons. The van der Waals surface area contributed by atoms with Crippen LogP contribution in [0, 0.1) is 5.82 Å². The molecule has 0 aliphatic rings. The summed E-state index contributed by atoms with van der Waals surface area (Å²) in [5.41, 5.74) is 1.72. The molecule has 0 aliphatic heterocycles. The zero-order valence-corrected chi connectivity index (χ0v) is 9.50. The maximum absolute atomic E-state index is 12.9. The van der Waals surface area contributed by atoms with E-state index in [-0.39, 0.29) is 11.8 Å². The van der Waals surface area contributed by atoms with Gasteiger partial charge in [-0.2, -0.15) is 0 Å². The maximum Gasteiger partial charge on any atom is 0.330 e. The molecule has 1 aromatic rings. The van der Waals surface area contributed by atoms with Crippen LogP contribution < -0.4 is 0 Å². The monoisotopic (exact) mass is 222 g/mol. The van der Waals surface area contributed by atoms with Crippen LogP contribution in [0.2, 0.25) is 0 Å². The van der Waals surface area contributed by atoms with Crippen molar-refractivity contribution in [3.8, 4) is 0 Å². The fraction of sp³-hybridized carbons (Fsp3) is 0.308. The molecule has 3 heteroatoms. The molecule has 0 radical (unpaired) electrons. The van der Waals surface area contributed by atoms with Gasteiger partial charge in [-0.25, -0.2) is 9.18 Å². The Bertz CT molecular complexity index is 397. The number of ether oxygens (including phenoxy) is 1. The Balaban J connectivity index is 2.84. The summed E-state index contributed by atoms with van der Waals surface area (Å²) in [7, 11) is 0. The first kappa shape index (κ1) is 12.4. The molecule has 0 heterocycles. The number of halogens is 1. The second kappa shape index (κ2) is 6.05. The molecule has 0 spiro atoms. The van der Waals surface area contributed by atoms with E-state index < -0.39 is 0 Å². The van der Waals surface area contributed by atoms with Gasteiger partial charge in [0.25, 0.3) is 0 Å². The van der Waals surface area contributed by atoms with Gasteiger partial charge >= 0.3 is 5.97 Å². The lowest BCUT2D eigenvalue weighted by molar-refractivity contribution is -0.137. The minimum atomic E-state index is -0.381. The lowest BCUT2D eigenvalue weighted by Crippen LogP contribution is -1.99. The quantitative estimate of drug-likeness (QED) is 0.578. The normalized spacial score (nSPS) is 10.7. The molecular weight excluding hydrogens is 207 g/mol. The first-order valence-corrected chi connectivity index (χ1v) is 5.30. The van der Waals surface area contributed by atoms with Gasteiger partial charge in [0.2, 0.25) is 0 Å². The van der Waals surface area contributed by atoms with Gasteiger partial charge in [0, 0.05) is 6.08 Å². The first-order valence-electron chi connectivity index (χ1n) is 5.30. The van der Waals surface area contributed by atoms with E-state index in [1.54, 1.807) is 19.1 Å². The summed E-state index contributed by atoms with van der Waals surface area (Å²) < 4.78 is 17.7.